The van der Waals surface area contributed by atoms with Crippen LogP contribution in [-0.2, 0) is 43.4 Å². The summed E-state index contributed by atoms with van der Waals surface area (Å²) in [5, 5.41) is 0. The summed E-state index contributed by atoms with van der Waals surface area (Å²) < 4.78 is 0. The van der Waals surface area contributed by atoms with E-state index in [9.17, 15) is 0 Å². The second-order valence-corrected chi connectivity index (χ2v) is 11.8. The normalized spacial score (nSPS) is 12.0. The second kappa shape index (κ2) is 11.6. The van der Waals surface area contributed by atoms with Crippen molar-refractivity contribution in [2.75, 3.05) is 0 Å². The van der Waals surface area contributed by atoms with Crippen LogP contribution in [-0.4, -0.2) is 0 Å². The molecule has 0 aliphatic rings. The smallest absolute Gasteiger partial charge is 1.00 e. The van der Waals surface area contributed by atoms with Crippen molar-refractivity contribution < 1.29 is 46.5 Å². The van der Waals surface area contributed by atoms with Gasteiger partial charge < -0.3 is 24.8 Å². The summed E-state index contributed by atoms with van der Waals surface area (Å²) >= 11 is 0. The number of rotatable bonds is 0. The molecule has 164 valence electrons. The van der Waals surface area contributed by atoms with E-state index in [1.807, 2.05) is 0 Å². The van der Waals surface area contributed by atoms with Gasteiger partial charge in [-0.1, -0.05) is 105 Å². The molecule has 0 heterocycles. The molecule has 0 unspecified atom stereocenters. The number of hydrogen-bond donors (Lipinski definition) is 0. The van der Waals surface area contributed by atoms with E-state index in [2.05, 4.69) is 119 Å². The van der Waals surface area contributed by atoms with Crippen LogP contribution in [0.4, 0.5) is 0 Å². The largest absolute Gasteiger partial charge is 4.00 e. The third-order valence-electron chi connectivity index (χ3n) is 4.97. The van der Waals surface area contributed by atoms with Crippen molar-refractivity contribution >= 4 is 0 Å². The summed E-state index contributed by atoms with van der Waals surface area (Å²) in [4.78, 5) is 0. The van der Waals surface area contributed by atoms with Gasteiger partial charge in [-0.3, -0.25) is 0 Å². The third-order valence-corrected chi connectivity index (χ3v) is 4.97. The van der Waals surface area contributed by atoms with Crippen LogP contribution in [0.15, 0.2) is 36.4 Å². The molecular formula is C26H42Cl2Ti. The Balaban J connectivity index is -0.000000422. The standard InChI is InChI=1S/2C13H21.2ClH.Ti/c2*1-12(2,3)10-7-8-11(9-10)13(4,5)6;;;/h2*7-9H,1-6H3;2*1H;/q2*-1;;;+4/p-2. The van der Waals surface area contributed by atoms with E-state index < -0.39 is 0 Å². The van der Waals surface area contributed by atoms with Gasteiger partial charge in [0.2, 0.25) is 0 Å². The maximum absolute atomic E-state index is 2.33. The fourth-order valence-corrected chi connectivity index (χ4v) is 2.75. The molecule has 0 atom stereocenters. The van der Waals surface area contributed by atoms with Gasteiger partial charge in [-0.25, -0.2) is 12.1 Å². The van der Waals surface area contributed by atoms with Gasteiger partial charge in [-0.2, -0.15) is 46.5 Å². The van der Waals surface area contributed by atoms with E-state index in [1.54, 1.807) is 0 Å². The van der Waals surface area contributed by atoms with E-state index in [1.165, 1.54) is 22.3 Å². The van der Waals surface area contributed by atoms with Crippen LogP contribution in [0.2, 0.25) is 0 Å². The van der Waals surface area contributed by atoms with Crippen molar-refractivity contribution in [1.29, 1.82) is 0 Å². The van der Waals surface area contributed by atoms with Crippen LogP contribution in [0.25, 0.3) is 0 Å². The van der Waals surface area contributed by atoms with Crippen LogP contribution in [0.3, 0.4) is 0 Å². The first kappa shape index (κ1) is 33.6. The molecule has 0 N–H and O–H groups in total. The Bertz CT molecular complexity index is 573. The third kappa shape index (κ3) is 10.7. The zero-order valence-corrected chi connectivity index (χ0v) is 23.8. The van der Waals surface area contributed by atoms with E-state index >= 15 is 0 Å². The van der Waals surface area contributed by atoms with Gasteiger partial charge in [0.05, 0.1) is 0 Å². The van der Waals surface area contributed by atoms with Crippen LogP contribution >= 0.6 is 0 Å². The number of halogens is 2. The molecule has 0 aromatic heterocycles. The molecule has 0 spiro atoms. The molecule has 0 fully saturated rings. The van der Waals surface area contributed by atoms with E-state index in [-0.39, 0.29) is 68.2 Å². The predicted octanol–water partition coefficient (Wildman–Crippen LogP) is 2.01. The Labute approximate surface area is 209 Å². The van der Waals surface area contributed by atoms with Crippen molar-refractivity contribution in [2.45, 2.75) is 105 Å². The molecule has 0 aliphatic carbocycles. The fourth-order valence-electron chi connectivity index (χ4n) is 2.75. The van der Waals surface area contributed by atoms with Crippen molar-refractivity contribution in [2.24, 2.45) is 0 Å². The van der Waals surface area contributed by atoms with Gasteiger partial charge in [0, 0.05) is 0 Å². The average molecular weight is 473 g/mol. The molecular weight excluding hydrogens is 431 g/mol. The van der Waals surface area contributed by atoms with Gasteiger partial charge in [0.15, 0.2) is 0 Å². The average Bonchev–Trinajstić information content (AvgIpc) is 3.06. The summed E-state index contributed by atoms with van der Waals surface area (Å²) in [5.41, 5.74) is 6.89. The van der Waals surface area contributed by atoms with E-state index in [0.717, 1.165) is 0 Å². The monoisotopic (exact) mass is 472 g/mol. The summed E-state index contributed by atoms with van der Waals surface area (Å²) in [7, 11) is 0. The summed E-state index contributed by atoms with van der Waals surface area (Å²) in [6.07, 6.45) is 0. The molecule has 2 aromatic rings. The molecule has 2 aromatic carbocycles. The van der Waals surface area contributed by atoms with Gasteiger partial charge in [-0.05, 0) is 0 Å². The van der Waals surface area contributed by atoms with Gasteiger partial charge >= 0.3 is 21.7 Å². The first-order valence-corrected chi connectivity index (χ1v) is 9.98. The molecule has 3 heteroatoms. The Morgan fingerprint density at radius 2 is 0.759 bits per heavy atom. The van der Waals surface area contributed by atoms with Crippen molar-refractivity contribution in [3.8, 4) is 0 Å². The van der Waals surface area contributed by atoms with E-state index in [4.69, 9.17) is 0 Å². The molecule has 29 heavy (non-hydrogen) atoms. The van der Waals surface area contributed by atoms with Crippen molar-refractivity contribution in [3.63, 3.8) is 0 Å². The molecule has 2 rings (SSSR count). The first-order chi connectivity index (χ1) is 11.4. The fraction of sp³-hybridized carbons (Fsp3) is 0.615. The van der Waals surface area contributed by atoms with Gasteiger partial charge in [0.1, 0.15) is 0 Å². The molecule has 0 amide bonds. The minimum absolute atomic E-state index is 0. The maximum atomic E-state index is 2.33. The van der Waals surface area contributed by atoms with Crippen LogP contribution in [0, 0.1) is 0 Å². The molecule has 0 aliphatic heterocycles. The Hall–Kier alpha value is -0.00571. The zero-order chi connectivity index (χ0) is 20.6. The summed E-state index contributed by atoms with van der Waals surface area (Å²) in [6.45, 7) is 27.1. The Morgan fingerprint density at radius 1 is 0.517 bits per heavy atom. The predicted molar refractivity (Wildman–Crippen MR) is 119 cm³/mol. The van der Waals surface area contributed by atoms with Crippen LogP contribution in [0.1, 0.15) is 105 Å². The summed E-state index contributed by atoms with van der Waals surface area (Å²) in [5.74, 6) is 0. The number of hydrogen-bond acceptors (Lipinski definition) is 0. The molecule has 0 nitrogen and oxygen atoms in total. The SMILES string of the molecule is CC(C)(C)c1cc[c-](C(C)(C)C)c1.CC(C)(C)c1cc[c-](C(C)(C)C)c1.[Cl-].[Cl-].[Ti+4]. The van der Waals surface area contributed by atoms with Crippen molar-refractivity contribution in [3.05, 3.63) is 58.7 Å². The summed E-state index contributed by atoms with van der Waals surface area (Å²) in [6, 6.07) is 13.7. The van der Waals surface area contributed by atoms with E-state index in [0.29, 0.717) is 0 Å². The second-order valence-electron chi connectivity index (χ2n) is 11.8. The Kier molecular flexibility index (Phi) is 13.4. The Morgan fingerprint density at radius 3 is 0.862 bits per heavy atom. The van der Waals surface area contributed by atoms with Crippen LogP contribution < -0.4 is 24.8 Å². The molecule has 0 bridgehead atoms. The quantitative estimate of drug-likeness (QED) is 0.406. The maximum Gasteiger partial charge on any atom is 4.00 e. The molecule has 0 saturated heterocycles. The van der Waals surface area contributed by atoms with Gasteiger partial charge in [0.25, 0.3) is 0 Å². The topological polar surface area (TPSA) is 0 Å². The van der Waals surface area contributed by atoms with Crippen molar-refractivity contribution in [1.82, 2.24) is 0 Å². The molecule has 0 radical (unpaired) electrons. The minimum Gasteiger partial charge on any atom is -1.00 e. The zero-order valence-electron chi connectivity index (χ0n) is 20.7. The first-order valence-electron chi connectivity index (χ1n) is 9.98. The minimum atomic E-state index is 0. The molecule has 0 saturated carbocycles. The van der Waals surface area contributed by atoms with Gasteiger partial charge in [-0.15, -0.1) is 0 Å². The van der Waals surface area contributed by atoms with Crippen LogP contribution in [0.5, 0.6) is 0 Å².